The molecule has 0 unspecified atom stereocenters. The van der Waals surface area contributed by atoms with Gasteiger partial charge in [-0.05, 0) is 72.3 Å². The summed E-state index contributed by atoms with van der Waals surface area (Å²) in [5.74, 6) is 1.51. The Morgan fingerprint density at radius 3 is 1.42 bits per heavy atom. The molecule has 6 aromatic rings. The average molecular weight is 997 g/mol. The van der Waals surface area contributed by atoms with Crippen molar-refractivity contribution in [3.05, 3.63) is 138 Å². The smallest absolute Gasteiger partial charge is 0.243 e. The number of halogens is 4. The van der Waals surface area contributed by atoms with Gasteiger partial charge in [0.25, 0.3) is 0 Å². The van der Waals surface area contributed by atoms with Crippen molar-refractivity contribution in [3.63, 3.8) is 0 Å². The van der Waals surface area contributed by atoms with E-state index >= 15 is 0 Å². The molecule has 0 amide bonds. The zero-order valence-electron chi connectivity index (χ0n) is 33.6. The number of ether oxygens (including phenoxy) is 2. The van der Waals surface area contributed by atoms with Gasteiger partial charge in [-0.2, -0.15) is 8.61 Å². The molecule has 0 bridgehead atoms. The largest absolute Gasteiger partial charge is 0.497 e. The third-order valence-corrected chi connectivity index (χ3v) is 17.1. The Morgan fingerprint density at radius 1 is 0.548 bits per heavy atom. The lowest BCUT2D eigenvalue weighted by Crippen LogP contribution is -2.48. The first-order valence-corrected chi connectivity index (χ1v) is 25.4. The maximum Gasteiger partial charge on any atom is 0.243 e. The maximum atomic E-state index is 12.9. The highest BCUT2D eigenvalue weighted by Crippen LogP contribution is 2.31. The van der Waals surface area contributed by atoms with E-state index in [0.717, 1.165) is 44.3 Å². The van der Waals surface area contributed by atoms with E-state index in [1.165, 1.54) is 8.61 Å². The van der Waals surface area contributed by atoms with Crippen molar-refractivity contribution in [2.45, 2.75) is 22.6 Å². The Morgan fingerprint density at radius 2 is 0.984 bits per heavy atom. The van der Waals surface area contributed by atoms with Crippen LogP contribution in [0.4, 0.5) is 10.3 Å². The Bertz CT molecular complexity index is 2690. The van der Waals surface area contributed by atoms with Gasteiger partial charge in [-0.1, -0.05) is 58.5 Å². The van der Waals surface area contributed by atoms with Crippen LogP contribution in [0.15, 0.2) is 105 Å². The summed E-state index contributed by atoms with van der Waals surface area (Å²) >= 11 is 27.1. The highest BCUT2D eigenvalue weighted by Gasteiger charge is 2.31. The highest BCUT2D eigenvalue weighted by molar-refractivity contribution is 7.89. The van der Waals surface area contributed by atoms with Crippen LogP contribution in [0.3, 0.4) is 0 Å². The molecule has 4 aromatic carbocycles. The number of piperazine rings is 2. The molecule has 0 radical (unpaired) electrons. The quantitative estimate of drug-likeness (QED) is 0.117. The molecule has 2 fully saturated rings. The van der Waals surface area contributed by atoms with E-state index in [-0.39, 0.29) is 9.79 Å². The summed E-state index contributed by atoms with van der Waals surface area (Å²) in [6, 6.07) is 23.8. The molecule has 2 saturated heterocycles. The minimum absolute atomic E-state index is 0.261. The van der Waals surface area contributed by atoms with Gasteiger partial charge >= 0.3 is 0 Å². The van der Waals surface area contributed by atoms with Gasteiger partial charge in [-0.3, -0.25) is 0 Å². The van der Waals surface area contributed by atoms with Gasteiger partial charge < -0.3 is 19.3 Å². The summed E-state index contributed by atoms with van der Waals surface area (Å²) in [6.07, 6.45) is 1.27. The van der Waals surface area contributed by atoms with E-state index in [0.29, 0.717) is 85.3 Å². The fourth-order valence-electron chi connectivity index (χ4n) is 6.85. The zero-order valence-corrected chi connectivity index (χ0v) is 39.9. The van der Waals surface area contributed by atoms with Crippen LogP contribution in [-0.4, -0.2) is 102 Å². The molecule has 8 rings (SSSR count). The second-order valence-corrected chi connectivity index (χ2v) is 21.5. The van der Waals surface area contributed by atoms with E-state index in [9.17, 15) is 16.8 Å². The van der Waals surface area contributed by atoms with E-state index in [4.69, 9.17) is 65.8 Å². The van der Waals surface area contributed by atoms with Crippen LogP contribution in [0, 0.1) is 0 Å². The first kappa shape index (κ1) is 46.3. The van der Waals surface area contributed by atoms with E-state index in [2.05, 4.69) is 9.80 Å². The number of rotatable bonds is 12. The topological polar surface area (TPSA) is 125 Å². The Balaban J connectivity index is 0.000000187. The lowest BCUT2D eigenvalue weighted by Gasteiger charge is -2.33. The number of nitrogens with zero attached hydrogens (tertiary/aromatic N) is 6. The summed E-state index contributed by atoms with van der Waals surface area (Å²) in [5, 5.41) is 8.09. The van der Waals surface area contributed by atoms with Crippen molar-refractivity contribution >= 4 is 99.4 Å². The molecule has 2 aliphatic heterocycles. The molecular weight excluding hydrogens is 955 g/mol. The SMILES string of the molecule is COc1ccc(Cc2csc(N3CCN(S(=O)(=O)c4ccc(Cl)cc4)CC3)n2)c(OC)c1.O=S(=O)(c1ccc(Cl)cc1)N1CCN(c2nc(Cc3ccc(Cl)cc3Cl)cs2)CC1. The highest BCUT2D eigenvalue weighted by atomic mass is 35.5. The molecule has 12 nitrogen and oxygen atoms in total. The third-order valence-electron chi connectivity index (χ3n) is 10.3. The summed E-state index contributed by atoms with van der Waals surface area (Å²) in [6.45, 7) is 3.98. The monoisotopic (exact) mass is 994 g/mol. The lowest BCUT2D eigenvalue weighted by molar-refractivity contribution is 0.384. The van der Waals surface area contributed by atoms with E-state index in [1.807, 2.05) is 41.1 Å². The minimum Gasteiger partial charge on any atom is -0.497 e. The number of hydrogen-bond donors (Lipinski definition) is 0. The van der Waals surface area contributed by atoms with Crippen LogP contribution in [-0.2, 0) is 32.9 Å². The molecule has 62 heavy (non-hydrogen) atoms. The van der Waals surface area contributed by atoms with Crippen LogP contribution >= 0.6 is 69.1 Å². The average Bonchev–Trinajstić information content (AvgIpc) is 3.96. The number of methoxy groups -OCH3 is 2. The normalized spacial score (nSPS) is 15.3. The molecule has 2 aromatic heterocycles. The summed E-state index contributed by atoms with van der Waals surface area (Å²) < 4.78 is 65.2. The maximum absolute atomic E-state index is 12.9. The van der Waals surface area contributed by atoms with Gasteiger partial charge in [0.1, 0.15) is 11.5 Å². The van der Waals surface area contributed by atoms with Crippen molar-refractivity contribution < 1.29 is 26.3 Å². The van der Waals surface area contributed by atoms with Gasteiger partial charge in [-0.15, -0.1) is 22.7 Å². The fraction of sp³-hybridized carbons (Fsp3) is 0.286. The molecule has 4 heterocycles. The minimum atomic E-state index is -3.53. The first-order chi connectivity index (χ1) is 29.7. The number of thiazole rings is 2. The molecule has 0 saturated carbocycles. The zero-order chi connectivity index (χ0) is 44.0. The van der Waals surface area contributed by atoms with Crippen LogP contribution < -0.4 is 19.3 Å². The van der Waals surface area contributed by atoms with Crippen molar-refractivity contribution in [2.24, 2.45) is 0 Å². The number of anilines is 2. The third kappa shape index (κ3) is 11.2. The predicted octanol–water partition coefficient (Wildman–Crippen LogP) is 9.12. The van der Waals surface area contributed by atoms with Gasteiger partial charge in [0.2, 0.25) is 20.0 Å². The number of benzene rings is 4. The fourth-order valence-corrected chi connectivity index (χ4v) is 12.2. The molecule has 20 heteroatoms. The Kier molecular flexibility index (Phi) is 15.3. The Hall–Kier alpha value is -3.68. The second kappa shape index (κ2) is 20.4. The lowest BCUT2D eigenvalue weighted by atomic mass is 10.1. The molecular formula is C42H42Cl4N6O6S4. The first-order valence-electron chi connectivity index (χ1n) is 19.3. The number of aromatic nitrogens is 2. The molecule has 0 N–H and O–H groups in total. The molecule has 0 spiro atoms. The van der Waals surface area contributed by atoms with E-state index < -0.39 is 20.0 Å². The van der Waals surface area contributed by atoms with Crippen molar-refractivity contribution in [1.82, 2.24) is 18.6 Å². The molecule has 2 aliphatic rings. The molecule has 0 aliphatic carbocycles. The number of sulfonamides is 2. The van der Waals surface area contributed by atoms with Gasteiger partial charge in [0.15, 0.2) is 10.3 Å². The van der Waals surface area contributed by atoms with Crippen molar-refractivity contribution in [2.75, 3.05) is 76.4 Å². The summed E-state index contributed by atoms with van der Waals surface area (Å²) in [7, 11) is -3.78. The molecule has 328 valence electrons. The van der Waals surface area contributed by atoms with Crippen molar-refractivity contribution in [3.8, 4) is 11.5 Å². The van der Waals surface area contributed by atoms with Crippen LogP contribution in [0.2, 0.25) is 20.1 Å². The van der Waals surface area contributed by atoms with Gasteiger partial charge in [0.05, 0.1) is 35.4 Å². The number of hydrogen-bond acceptors (Lipinski definition) is 12. The van der Waals surface area contributed by atoms with Gasteiger partial charge in [-0.25, -0.2) is 26.8 Å². The molecule has 0 atom stereocenters. The van der Waals surface area contributed by atoms with Crippen LogP contribution in [0.5, 0.6) is 11.5 Å². The predicted molar refractivity (Wildman–Crippen MR) is 251 cm³/mol. The van der Waals surface area contributed by atoms with Crippen LogP contribution in [0.25, 0.3) is 0 Å². The van der Waals surface area contributed by atoms with Crippen LogP contribution in [0.1, 0.15) is 22.5 Å². The summed E-state index contributed by atoms with van der Waals surface area (Å²) in [4.78, 5) is 14.3. The second-order valence-electron chi connectivity index (χ2n) is 14.2. The van der Waals surface area contributed by atoms with E-state index in [1.54, 1.807) is 91.5 Å². The summed E-state index contributed by atoms with van der Waals surface area (Å²) in [5.41, 5.74) is 3.88. The standard InChI is InChI=1S/C22H24ClN3O4S2.C20H18Cl3N3O2S2/c1-29-19-6-3-16(21(14-19)30-2)13-18-15-31-22(24-18)25-9-11-26(12-10-25)32(27,28)20-7-4-17(23)5-8-20;21-15-3-5-18(6-4-15)30(27,28)26-9-7-25(8-10-26)20-24-17(13-29-20)11-14-1-2-16(22)12-19(14)23/h3-8,14-15H,9-13H2,1-2H3;1-6,12-13H,7-11H2. The van der Waals surface area contributed by atoms with Gasteiger partial charge in [0, 0.05) is 108 Å². The van der Waals surface area contributed by atoms with Crippen molar-refractivity contribution in [1.29, 1.82) is 0 Å². The Labute approximate surface area is 390 Å².